The molecule has 3 aliphatic rings. The Labute approximate surface area is 98.5 Å². The molecule has 0 aromatic heterocycles. The summed E-state index contributed by atoms with van der Waals surface area (Å²) in [7, 11) is 2.20. The quantitative estimate of drug-likeness (QED) is 0.676. The maximum atomic E-state index is 6.25. The summed E-state index contributed by atoms with van der Waals surface area (Å²) in [5, 5.41) is 3.74. The third-order valence-corrected chi connectivity index (χ3v) is 4.90. The van der Waals surface area contributed by atoms with Crippen molar-refractivity contribution in [3.63, 3.8) is 0 Å². The Balaban J connectivity index is 1.61. The van der Waals surface area contributed by atoms with Crippen molar-refractivity contribution in [1.82, 2.24) is 10.2 Å². The number of nitrogens with one attached hydrogen (secondary N) is 1. The summed E-state index contributed by atoms with van der Waals surface area (Å²) in [5.74, 6) is 0. The minimum absolute atomic E-state index is 0.0281. The number of piperidine rings is 1. The molecule has 1 aliphatic carbocycles. The molecule has 0 radical (unpaired) electrons. The van der Waals surface area contributed by atoms with Gasteiger partial charge in [-0.05, 0) is 19.9 Å². The average Bonchev–Trinajstić information content (AvgIpc) is 2.76. The second-order valence-electron chi connectivity index (χ2n) is 6.15. The minimum Gasteiger partial charge on any atom is -0.360 e. The zero-order chi connectivity index (χ0) is 11.1. The molecule has 3 rings (SSSR count). The lowest BCUT2D eigenvalue weighted by atomic mass is 9.84. The van der Waals surface area contributed by atoms with Gasteiger partial charge in [-0.25, -0.2) is 0 Å². The molecule has 3 nitrogen and oxygen atoms in total. The summed E-state index contributed by atoms with van der Waals surface area (Å²) >= 11 is 0. The molecular formula is C13H24N2O. The Morgan fingerprint density at radius 3 is 2.31 bits per heavy atom. The van der Waals surface area contributed by atoms with Gasteiger partial charge in [-0.2, -0.15) is 0 Å². The second-order valence-corrected chi connectivity index (χ2v) is 6.15. The highest BCUT2D eigenvalue weighted by atomic mass is 16.5. The van der Waals surface area contributed by atoms with Gasteiger partial charge in [0.05, 0.1) is 6.61 Å². The van der Waals surface area contributed by atoms with Crippen molar-refractivity contribution < 1.29 is 4.74 Å². The number of nitrogens with zero attached hydrogens (tertiary/aromatic N) is 1. The molecule has 1 N–H and O–H groups in total. The lowest BCUT2D eigenvalue weighted by Crippen LogP contribution is -2.61. The zero-order valence-corrected chi connectivity index (χ0v) is 10.4. The average molecular weight is 224 g/mol. The summed E-state index contributed by atoms with van der Waals surface area (Å²) in [4.78, 5) is 2.40. The monoisotopic (exact) mass is 224 g/mol. The molecular weight excluding hydrogens is 200 g/mol. The molecule has 3 heteroatoms. The van der Waals surface area contributed by atoms with Gasteiger partial charge in [-0.15, -0.1) is 0 Å². The number of likely N-dealkylation sites (tertiary alicyclic amines) is 1. The van der Waals surface area contributed by atoms with Crippen LogP contribution in [0.15, 0.2) is 0 Å². The molecule has 0 amide bonds. The molecule has 0 atom stereocenters. The van der Waals surface area contributed by atoms with E-state index in [0.717, 1.165) is 19.4 Å². The summed E-state index contributed by atoms with van der Waals surface area (Å²) in [6.45, 7) is 4.53. The molecule has 16 heavy (non-hydrogen) atoms. The van der Waals surface area contributed by atoms with Crippen molar-refractivity contribution in [3.8, 4) is 0 Å². The summed E-state index contributed by atoms with van der Waals surface area (Å²) in [6.07, 6.45) is 7.85. The van der Waals surface area contributed by atoms with Gasteiger partial charge in [0.2, 0.25) is 0 Å². The Morgan fingerprint density at radius 2 is 1.75 bits per heavy atom. The zero-order valence-electron chi connectivity index (χ0n) is 10.4. The van der Waals surface area contributed by atoms with Crippen molar-refractivity contribution >= 4 is 0 Å². The SMILES string of the molecule is CN1CCC2(CC1)NCC1(CCCC1)CO2. The van der Waals surface area contributed by atoms with Gasteiger partial charge in [0.1, 0.15) is 5.72 Å². The highest BCUT2D eigenvalue weighted by Gasteiger charge is 2.45. The number of rotatable bonds is 0. The first kappa shape index (κ1) is 11.0. The van der Waals surface area contributed by atoms with Gasteiger partial charge in [-0.1, -0.05) is 12.8 Å². The van der Waals surface area contributed by atoms with Gasteiger partial charge in [0.15, 0.2) is 0 Å². The first-order chi connectivity index (χ1) is 7.72. The molecule has 2 aliphatic heterocycles. The maximum Gasteiger partial charge on any atom is 0.121 e. The Morgan fingerprint density at radius 1 is 1.06 bits per heavy atom. The van der Waals surface area contributed by atoms with Gasteiger partial charge < -0.3 is 9.64 Å². The van der Waals surface area contributed by atoms with Crippen LogP contribution >= 0.6 is 0 Å². The second kappa shape index (κ2) is 3.97. The molecule has 3 fully saturated rings. The molecule has 0 unspecified atom stereocenters. The third-order valence-electron chi connectivity index (χ3n) is 4.90. The third kappa shape index (κ3) is 1.89. The minimum atomic E-state index is 0.0281. The Hall–Kier alpha value is -0.120. The fourth-order valence-electron chi connectivity index (χ4n) is 3.49. The van der Waals surface area contributed by atoms with E-state index in [1.54, 1.807) is 0 Å². The van der Waals surface area contributed by atoms with Crippen LogP contribution < -0.4 is 5.32 Å². The molecule has 2 saturated heterocycles. The van der Waals surface area contributed by atoms with Crippen molar-refractivity contribution in [2.24, 2.45) is 5.41 Å². The molecule has 1 saturated carbocycles. The van der Waals surface area contributed by atoms with Crippen LogP contribution in [0.4, 0.5) is 0 Å². The van der Waals surface area contributed by atoms with E-state index >= 15 is 0 Å². The Bertz CT molecular complexity index is 241. The fourth-order valence-corrected chi connectivity index (χ4v) is 3.49. The van der Waals surface area contributed by atoms with Crippen LogP contribution in [-0.4, -0.2) is 43.9 Å². The standard InChI is InChI=1S/C13H24N2O/c1-15-8-6-13(7-9-15)14-10-12(11-16-13)4-2-3-5-12/h14H,2-11H2,1H3. The molecule has 2 spiro atoms. The molecule has 0 aromatic carbocycles. The van der Waals surface area contributed by atoms with Gasteiger partial charge in [0, 0.05) is 37.9 Å². The summed E-state index contributed by atoms with van der Waals surface area (Å²) < 4.78 is 6.25. The van der Waals surface area contributed by atoms with Crippen LogP contribution in [0.5, 0.6) is 0 Å². The predicted octanol–water partition coefficient (Wildman–Crippen LogP) is 1.59. The van der Waals surface area contributed by atoms with E-state index in [4.69, 9.17) is 4.74 Å². The van der Waals surface area contributed by atoms with Crippen LogP contribution in [0.1, 0.15) is 38.5 Å². The van der Waals surface area contributed by atoms with Gasteiger partial charge >= 0.3 is 0 Å². The molecule has 0 aromatic rings. The van der Waals surface area contributed by atoms with E-state index in [-0.39, 0.29) is 5.72 Å². The van der Waals surface area contributed by atoms with Crippen LogP contribution in [-0.2, 0) is 4.74 Å². The van der Waals surface area contributed by atoms with Crippen LogP contribution in [0.25, 0.3) is 0 Å². The largest absolute Gasteiger partial charge is 0.360 e. The first-order valence-corrected chi connectivity index (χ1v) is 6.80. The van der Waals surface area contributed by atoms with E-state index in [1.807, 2.05) is 0 Å². The summed E-state index contributed by atoms with van der Waals surface area (Å²) in [6, 6.07) is 0. The number of hydrogen-bond acceptors (Lipinski definition) is 3. The lowest BCUT2D eigenvalue weighted by Gasteiger charge is -2.49. The topological polar surface area (TPSA) is 24.5 Å². The summed E-state index contributed by atoms with van der Waals surface area (Å²) in [5.41, 5.74) is 0.523. The Kier molecular flexibility index (Phi) is 2.73. The number of ether oxygens (including phenoxy) is 1. The van der Waals surface area contributed by atoms with Gasteiger partial charge in [-0.3, -0.25) is 5.32 Å². The molecule has 0 bridgehead atoms. The normalized spacial score (nSPS) is 33.6. The highest BCUT2D eigenvalue weighted by molar-refractivity contribution is 4.96. The van der Waals surface area contributed by atoms with Crippen LogP contribution in [0, 0.1) is 5.41 Å². The van der Waals surface area contributed by atoms with Crippen LogP contribution in [0.2, 0.25) is 0 Å². The highest BCUT2D eigenvalue weighted by Crippen LogP contribution is 2.42. The van der Waals surface area contributed by atoms with Crippen molar-refractivity contribution in [1.29, 1.82) is 0 Å². The van der Waals surface area contributed by atoms with E-state index < -0.39 is 0 Å². The van der Waals surface area contributed by atoms with E-state index in [9.17, 15) is 0 Å². The van der Waals surface area contributed by atoms with Gasteiger partial charge in [0.25, 0.3) is 0 Å². The maximum absolute atomic E-state index is 6.25. The molecule has 2 heterocycles. The van der Waals surface area contributed by atoms with E-state index in [0.29, 0.717) is 5.41 Å². The van der Waals surface area contributed by atoms with Crippen molar-refractivity contribution in [3.05, 3.63) is 0 Å². The smallest absolute Gasteiger partial charge is 0.121 e. The lowest BCUT2D eigenvalue weighted by molar-refractivity contribution is -0.165. The predicted molar refractivity (Wildman–Crippen MR) is 64.3 cm³/mol. The van der Waals surface area contributed by atoms with Crippen molar-refractivity contribution in [2.75, 3.05) is 33.3 Å². The van der Waals surface area contributed by atoms with E-state index in [2.05, 4.69) is 17.3 Å². The fraction of sp³-hybridized carbons (Fsp3) is 1.00. The van der Waals surface area contributed by atoms with Crippen LogP contribution in [0.3, 0.4) is 0 Å². The first-order valence-electron chi connectivity index (χ1n) is 6.80. The number of hydrogen-bond donors (Lipinski definition) is 1. The van der Waals surface area contributed by atoms with Crippen molar-refractivity contribution in [2.45, 2.75) is 44.2 Å². The van der Waals surface area contributed by atoms with E-state index in [1.165, 1.54) is 45.3 Å². The molecule has 92 valence electrons.